The maximum absolute atomic E-state index is 12.5. The second kappa shape index (κ2) is 4.55. The summed E-state index contributed by atoms with van der Waals surface area (Å²) in [4.78, 5) is 11.1. The number of rotatable bonds is 2. The van der Waals surface area contributed by atoms with Gasteiger partial charge in [-0.15, -0.1) is 0 Å². The minimum absolute atomic E-state index is 0.308. The highest BCUT2D eigenvalue weighted by Crippen LogP contribution is 2.24. The topological polar surface area (TPSA) is 26.3 Å². The zero-order chi connectivity index (χ0) is 9.84. The first-order valence-corrected chi connectivity index (χ1v) is 4.87. The van der Waals surface area contributed by atoms with E-state index in [1.54, 1.807) is 12.1 Å². The van der Waals surface area contributed by atoms with Gasteiger partial charge in [-0.1, -0.05) is 34.7 Å². The van der Waals surface area contributed by atoms with Crippen LogP contribution >= 0.6 is 22.6 Å². The molecule has 0 aliphatic heterocycles. The number of carbonyl (C=O) groups excluding carboxylic acids is 1. The zero-order valence-electron chi connectivity index (χ0n) is 6.96. The van der Waals surface area contributed by atoms with Crippen molar-refractivity contribution in [3.63, 3.8) is 0 Å². The van der Waals surface area contributed by atoms with Gasteiger partial charge >= 0.3 is 5.97 Å². The smallest absolute Gasteiger partial charge is 0.323 e. The summed E-state index contributed by atoms with van der Waals surface area (Å²) in [5.41, 5.74) is 0.744. The molecule has 1 aromatic rings. The second-order valence-electron chi connectivity index (χ2n) is 2.44. The Morgan fingerprint density at radius 3 is 2.46 bits per heavy atom. The molecule has 1 unspecified atom stereocenters. The van der Waals surface area contributed by atoms with Crippen LogP contribution in [0, 0.1) is 5.82 Å². The van der Waals surface area contributed by atoms with Gasteiger partial charge in [-0.05, 0) is 17.7 Å². The van der Waals surface area contributed by atoms with Crippen LogP contribution in [0.15, 0.2) is 24.3 Å². The van der Waals surface area contributed by atoms with Crippen molar-refractivity contribution in [3.8, 4) is 0 Å². The van der Waals surface area contributed by atoms with Gasteiger partial charge in [-0.3, -0.25) is 4.79 Å². The predicted octanol–water partition coefficient (Wildman–Crippen LogP) is 2.47. The van der Waals surface area contributed by atoms with E-state index >= 15 is 0 Å². The highest BCUT2D eigenvalue weighted by molar-refractivity contribution is 14.1. The van der Waals surface area contributed by atoms with Crippen LogP contribution in [0.5, 0.6) is 0 Å². The Hall–Kier alpha value is -0.650. The number of hydrogen-bond donors (Lipinski definition) is 0. The summed E-state index contributed by atoms with van der Waals surface area (Å²) in [5, 5.41) is 0. The minimum Gasteiger partial charge on any atom is -0.468 e. The molecule has 1 aromatic carbocycles. The fourth-order valence-corrected chi connectivity index (χ4v) is 1.54. The first-order chi connectivity index (χ1) is 6.15. The number of benzene rings is 1. The zero-order valence-corrected chi connectivity index (χ0v) is 9.12. The molecular formula is C9H8FIO2. The van der Waals surface area contributed by atoms with E-state index in [0.717, 1.165) is 5.56 Å². The summed E-state index contributed by atoms with van der Waals surface area (Å²) in [6, 6.07) is 5.79. The van der Waals surface area contributed by atoms with Crippen molar-refractivity contribution in [2.24, 2.45) is 0 Å². The standard InChI is InChI=1S/C9H8FIO2/c1-13-9(12)8(11)6-2-4-7(10)5-3-6/h2-5,8H,1H3. The van der Waals surface area contributed by atoms with Crippen LogP contribution in [0.3, 0.4) is 0 Å². The lowest BCUT2D eigenvalue weighted by atomic mass is 10.1. The summed E-state index contributed by atoms with van der Waals surface area (Å²) in [7, 11) is 1.33. The SMILES string of the molecule is COC(=O)C(I)c1ccc(F)cc1. The van der Waals surface area contributed by atoms with E-state index in [-0.39, 0.29) is 15.7 Å². The summed E-state index contributed by atoms with van der Waals surface area (Å²) in [6.07, 6.45) is 0. The molecule has 13 heavy (non-hydrogen) atoms. The normalized spacial score (nSPS) is 12.2. The third kappa shape index (κ3) is 2.65. The van der Waals surface area contributed by atoms with Crippen LogP contribution in [-0.4, -0.2) is 13.1 Å². The number of hydrogen-bond acceptors (Lipinski definition) is 2. The highest BCUT2D eigenvalue weighted by Gasteiger charge is 2.16. The number of alkyl halides is 1. The monoisotopic (exact) mass is 294 g/mol. The van der Waals surface area contributed by atoms with Crippen molar-refractivity contribution >= 4 is 28.6 Å². The minimum atomic E-state index is -0.372. The van der Waals surface area contributed by atoms with Crippen molar-refractivity contribution in [2.45, 2.75) is 3.92 Å². The number of methoxy groups -OCH3 is 1. The summed E-state index contributed by atoms with van der Waals surface area (Å²) in [5.74, 6) is -0.635. The Bertz CT molecular complexity index is 297. The van der Waals surface area contributed by atoms with Gasteiger partial charge in [-0.2, -0.15) is 0 Å². The third-order valence-corrected chi connectivity index (χ3v) is 2.80. The molecule has 0 bridgehead atoms. The van der Waals surface area contributed by atoms with Gasteiger partial charge in [0.05, 0.1) is 7.11 Å². The Kier molecular flexibility index (Phi) is 3.65. The lowest BCUT2D eigenvalue weighted by Crippen LogP contribution is -2.07. The number of carbonyl (C=O) groups is 1. The molecule has 0 aliphatic carbocycles. The number of esters is 1. The van der Waals surface area contributed by atoms with Crippen molar-refractivity contribution < 1.29 is 13.9 Å². The molecule has 0 aliphatic rings. The van der Waals surface area contributed by atoms with Gasteiger partial charge in [0.15, 0.2) is 0 Å². The first-order valence-electron chi connectivity index (χ1n) is 3.62. The summed E-state index contributed by atoms with van der Waals surface area (Å²) < 4.78 is 16.7. The van der Waals surface area contributed by atoms with E-state index in [0.29, 0.717) is 0 Å². The van der Waals surface area contributed by atoms with Crippen molar-refractivity contribution in [3.05, 3.63) is 35.6 Å². The Morgan fingerprint density at radius 1 is 1.46 bits per heavy atom. The van der Waals surface area contributed by atoms with E-state index in [1.165, 1.54) is 19.2 Å². The highest BCUT2D eigenvalue weighted by atomic mass is 127. The van der Waals surface area contributed by atoms with E-state index in [9.17, 15) is 9.18 Å². The molecule has 4 heteroatoms. The van der Waals surface area contributed by atoms with E-state index in [1.807, 2.05) is 22.6 Å². The maximum atomic E-state index is 12.5. The van der Waals surface area contributed by atoms with Gasteiger partial charge in [0.1, 0.15) is 9.74 Å². The van der Waals surface area contributed by atoms with Gasteiger partial charge in [0, 0.05) is 0 Å². The van der Waals surface area contributed by atoms with Gasteiger partial charge < -0.3 is 4.74 Å². The third-order valence-electron chi connectivity index (χ3n) is 1.57. The van der Waals surface area contributed by atoms with Crippen LogP contribution in [0.4, 0.5) is 4.39 Å². The van der Waals surface area contributed by atoms with Gasteiger partial charge in [-0.25, -0.2) is 4.39 Å². The van der Waals surface area contributed by atoms with Crippen LogP contribution in [0.25, 0.3) is 0 Å². The van der Waals surface area contributed by atoms with Crippen molar-refractivity contribution in [2.75, 3.05) is 7.11 Å². The molecule has 0 spiro atoms. The van der Waals surface area contributed by atoms with E-state index in [2.05, 4.69) is 4.74 Å². The molecule has 0 aromatic heterocycles. The Morgan fingerprint density at radius 2 is 2.00 bits per heavy atom. The molecule has 0 heterocycles. The number of ether oxygens (including phenoxy) is 1. The summed E-state index contributed by atoms with van der Waals surface area (Å²) in [6.45, 7) is 0. The molecular weight excluding hydrogens is 286 g/mol. The van der Waals surface area contributed by atoms with Crippen molar-refractivity contribution in [1.29, 1.82) is 0 Å². The fraction of sp³-hybridized carbons (Fsp3) is 0.222. The summed E-state index contributed by atoms with van der Waals surface area (Å²) >= 11 is 1.95. The van der Waals surface area contributed by atoms with Gasteiger partial charge in [0.25, 0.3) is 0 Å². The Labute approximate surface area is 89.2 Å². The average Bonchev–Trinajstić information content (AvgIpc) is 2.17. The van der Waals surface area contributed by atoms with E-state index in [4.69, 9.17) is 0 Å². The van der Waals surface area contributed by atoms with E-state index < -0.39 is 0 Å². The predicted molar refractivity (Wildman–Crippen MR) is 55.2 cm³/mol. The lowest BCUT2D eigenvalue weighted by molar-refractivity contribution is -0.139. The van der Waals surface area contributed by atoms with Crippen LogP contribution in [0.1, 0.15) is 9.49 Å². The largest absolute Gasteiger partial charge is 0.468 e. The fourth-order valence-electron chi connectivity index (χ4n) is 0.871. The molecule has 1 rings (SSSR count). The molecule has 0 amide bonds. The first kappa shape index (κ1) is 10.4. The molecule has 2 nitrogen and oxygen atoms in total. The van der Waals surface area contributed by atoms with Gasteiger partial charge in [0.2, 0.25) is 0 Å². The second-order valence-corrected chi connectivity index (χ2v) is 3.68. The molecule has 0 saturated heterocycles. The molecule has 0 saturated carbocycles. The molecule has 0 fully saturated rings. The quantitative estimate of drug-likeness (QED) is 0.476. The molecule has 1 atom stereocenters. The van der Waals surface area contributed by atoms with Crippen LogP contribution in [-0.2, 0) is 9.53 Å². The van der Waals surface area contributed by atoms with Crippen LogP contribution in [0.2, 0.25) is 0 Å². The lowest BCUT2D eigenvalue weighted by Gasteiger charge is -2.06. The Balaban J connectivity index is 2.83. The molecule has 0 radical (unpaired) electrons. The maximum Gasteiger partial charge on any atom is 0.323 e. The number of halogens is 2. The van der Waals surface area contributed by atoms with Crippen molar-refractivity contribution in [1.82, 2.24) is 0 Å². The molecule has 0 N–H and O–H groups in total. The van der Waals surface area contributed by atoms with Crippen LogP contribution < -0.4 is 0 Å². The molecule has 70 valence electrons. The average molecular weight is 294 g/mol.